The SMILES string of the molecule is Cc1cc(C(=O)CN(C)CC(=O)N2CCN(Cc3ccccc3)CC2)c(C)n1C1CC1. The minimum atomic E-state index is 0.1000. The van der Waals surface area contributed by atoms with Crippen molar-refractivity contribution >= 4 is 11.7 Å². The van der Waals surface area contributed by atoms with Crippen molar-refractivity contribution in [3.05, 3.63) is 58.9 Å². The van der Waals surface area contributed by atoms with E-state index in [1.54, 1.807) is 0 Å². The fourth-order valence-corrected chi connectivity index (χ4v) is 4.67. The molecule has 0 unspecified atom stereocenters. The highest BCUT2D eigenvalue weighted by molar-refractivity contribution is 5.99. The molecule has 6 heteroatoms. The summed E-state index contributed by atoms with van der Waals surface area (Å²) in [7, 11) is 1.86. The average Bonchev–Trinajstić information content (AvgIpc) is 3.53. The molecule has 31 heavy (non-hydrogen) atoms. The van der Waals surface area contributed by atoms with Crippen LogP contribution in [0.3, 0.4) is 0 Å². The van der Waals surface area contributed by atoms with Gasteiger partial charge in [0.2, 0.25) is 5.91 Å². The van der Waals surface area contributed by atoms with E-state index >= 15 is 0 Å². The van der Waals surface area contributed by atoms with Gasteiger partial charge >= 0.3 is 0 Å². The molecule has 0 bridgehead atoms. The van der Waals surface area contributed by atoms with Gasteiger partial charge in [0.15, 0.2) is 5.78 Å². The Labute approximate surface area is 185 Å². The number of nitrogens with zero attached hydrogens (tertiary/aromatic N) is 4. The van der Waals surface area contributed by atoms with Crippen LogP contribution in [0.4, 0.5) is 0 Å². The number of hydrogen-bond donors (Lipinski definition) is 0. The predicted octanol–water partition coefficient (Wildman–Crippen LogP) is 2.90. The van der Waals surface area contributed by atoms with Gasteiger partial charge in [-0.3, -0.25) is 19.4 Å². The number of hydrogen-bond acceptors (Lipinski definition) is 4. The van der Waals surface area contributed by atoms with Crippen LogP contribution in [0.5, 0.6) is 0 Å². The summed E-state index contributed by atoms with van der Waals surface area (Å²) in [6.07, 6.45) is 2.41. The Balaban J connectivity index is 1.24. The van der Waals surface area contributed by atoms with Gasteiger partial charge in [0.05, 0.1) is 13.1 Å². The van der Waals surface area contributed by atoms with Gasteiger partial charge in [-0.15, -0.1) is 0 Å². The molecule has 166 valence electrons. The molecule has 1 aromatic heterocycles. The van der Waals surface area contributed by atoms with Crippen LogP contribution in [0.15, 0.2) is 36.4 Å². The Morgan fingerprint density at radius 1 is 1.00 bits per heavy atom. The molecule has 2 heterocycles. The number of carbonyl (C=O) groups is 2. The van der Waals surface area contributed by atoms with Gasteiger partial charge in [-0.25, -0.2) is 0 Å². The van der Waals surface area contributed by atoms with E-state index in [4.69, 9.17) is 0 Å². The second-order valence-electron chi connectivity index (χ2n) is 9.12. The molecule has 1 saturated heterocycles. The maximum absolute atomic E-state index is 12.9. The van der Waals surface area contributed by atoms with E-state index in [2.05, 4.69) is 40.7 Å². The zero-order chi connectivity index (χ0) is 22.0. The summed E-state index contributed by atoms with van der Waals surface area (Å²) in [5.74, 6) is 0.209. The number of Topliss-reactive ketones (excluding diaryl/α,β-unsaturated/α-hetero) is 1. The number of carbonyl (C=O) groups excluding carboxylic acids is 2. The Hall–Kier alpha value is -2.44. The zero-order valence-electron chi connectivity index (χ0n) is 19.0. The standard InChI is InChI=1S/C25H34N4O2/c1-19-15-23(20(2)29(19)22-9-10-22)24(30)17-26(3)18-25(31)28-13-11-27(12-14-28)16-21-7-5-4-6-8-21/h4-8,15,22H,9-14,16-18H2,1-3H3. The lowest BCUT2D eigenvalue weighted by molar-refractivity contribution is -0.133. The third-order valence-corrected chi connectivity index (χ3v) is 6.49. The molecule has 2 aliphatic rings. The highest BCUT2D eigenvalue weighted by Gasteiger charge is 2.29. The van der Waals surface area contributed by atoms with Gasteiger partial charge in [-0.2, -0.15) is 0 Å². The number of benzene rings is 1. The molecule has 0 spiro atoms. The second-order valence-corrected chi connectivity index (χ2v) is 9.12. The van der Waals surface area contributed by atoms with E-state index in [9.17, 15) is 9.59 Å². The van der Waals surface area contributed by atoms with Crippen molar-refractivity contribution in [1.29, 1.82) is 0 Å². The molecule has 2 fully saturated rings. The number of aryl methyl sites for hydroxylation is 1. The van der Waals surface area contributed by atoms with Crippen molar-refractivity contribution in [2.24, 2.45) is 0 Å². The molecule has 1 aliphatic carbocycles. The fourth-order valence-electron chi connectivity index (χ4n) is 4.67. The van der Waals surface area contributed by atoms with Crippen LogP contribution in [0, 0.1) is 13.8 Å². The molecular weight excluding hydrogens is 388 g/mol. The summed E-state index contributed by atoms with van der Waals surface area (Å²) in [6.45, 7) is 8.86. The third kappa shape index (κ3) is 5.25. The van der Waals surface area contributed by atoms with Gasteiger partial charge in [-0.05, 0) is 45.4 Å². The van der Waals surface area contributed by atoms with E-state index in [1.807, 2.05) is 35.9 Å². The van der Waals surface area contributed by atoms with Crippen LogP contribution in [0.25, 0.3) is 0 Å². The van der Waals surface area contributed by atoms with Crippen LogP contribution in [0.2, 0.25) is 0 Å². The van der Waals surface area contributed by atoms with Crippen molar-refractivity contribution in [1.82, 2.24) is 19.3 Å². The first-order chi connectivity index (χ1) is 14.9. The average molecular weight is 423 g/mol. The quantitative estimate of drug-likeness (QED) is 0.614. The summed E-state index contributed by atoms with van der Waals surface area (Å²) >= 11 is 0. The molecule has 2 aromatic rings. The lowest BCUT2D eigenvalue weighted by Crippen LogP contribution is -2.50. The number of piperazine rings is 1. The molecule has 0 atom stereocenters. The summed E-state index contributed by atoms with van der Waals surface area (Å²) in [5.41, 5.74) is 4.34. The minimum Gasteiger partial charge on any atom is -0.345 e. The van der Waals surface area contributed by atoms with Crippen LogP contribution in [-0.2, 0) is 11.3 Å². The van der Waals surface area contributed by atoms with Gasteiger partial charge < -0.3 is 9.47 Å². The molecule has 1 amide bonds. The van der Waals surface area contributed by atoms with Crippen LogP contribution in [0.1, 0.15) is 46.2 Å². The third-order valence-electron chi connectivity index (χ3n) is 6.49. The molecule has 4 rings (SSSR count). The number of aromatic nitrogens is 1. The van der Waals surface area contributed by atoms with Gasteiger partial charge in [0, 0.05) is 55.7 Å². The first-order valence-corrected chi connectivity index (χ1v) is 11.4. The largest absolute Gasteiger partial charge is 0.345 e. The molecule has 1 aliphatic heterocycles. The molecule has 1 saturated carbocycles. The van der Waals surface area contributed by atoms with E-state index in [-0.39, 0.29) is 24.8 Å². The zero-order valence-corrected chi connectivity index (χ0v) is 19.0. The number of ketones is 1. The number of amides is 1. The van der Waals surface area contributed by atoms with Crippen LogP contribution in [-0.4, -0.2) is 77.3 Å². The van der Waals surface area contributed by atoms with Gasteiger partial charge in [0.1, 0.15) is 0 Å². The monoisotopic (exact) mass is 422 g/mol. The van der Waals surface area contributed by atoms with E-state index < -0.39 is 0 Å². The van der Waals surface area contributed by atoms with Crippen LogP contribution >= 0.6 is 0 Å². The molecule has 6 nitrogen and oxygen atoms in total. The Kier molecular flexibility index (Phi) is 6.58. The minimum absolute atomic E-state index is 0.1000. The maximum atomic E-state index is 12.9. The van der Waals surface area contributed by atoms with Crippen molar-refractivity contribution in [3.63, 3.8) is 0 Å². The fraction of sp³-hybridized carbons (Fsp3) is 0.520. The summed E-state index contributed by atoms with van der Waals surface area (Å²) in [4.78, 5) is 31.8. The van der Waals surface area contributed by atoms with Crippen LogP contribution < -0.4 is 0 Å². The Bertz CT molecular complexity index is 924. The van der Waals surface area contributed by atoms with Crippen molar-refractivity contribution < 1.29 is 9.59 Å². The molecular formula is C25H34N4O2. The number of likely N-dealkylation sites (N-methyl/N-ethyl adjacent to an activating group) is 1. The van der Waals surface area contributed by atoms with E-state index in [0.29, 0.717) is 6.04 Å². The van der Waals surface area contributed by atoms with Crippen molar-refractivity contribution in [3.8, 4) is 0 Å². The lowest BCUT2D eigenvalue weighted by atomic mass is 10.1. The topological polar surface area (TPSA) is 48.8 Å². The Morgan fingerprint density at radius 2 is 1.68 bits per heavy atom. The van der Waals surface area contributed by atoms with Crippen molar-refractivity contribution in [2.45, 2.75) is 39.3 Å². The molecule has 1 aromatic carbocycles. The predicted molar refractivity (Wildman–Crippen MR) is 122 cm³/mol. The highest BCUT2D eigenvalue weighted by atomic mass is 16.2. The second kappa shape index (κ2) is 9.37. The lowest BCUT2D eigenvalue weighted by Gasteiger charge is -2.35. The summed E-state index contributed by atoms with van der Waals surface area (Å²) in [6, 6.07) is 13.0. The molecule has 0 N–H and O–H groups in total. The van der Waals surface area contributed by atoms with Crippen molar-refractivity contribution in [2.75, 3.05) is 46.3 Å². The first kappa shape index (κ1) is 21.8. The maximum Gasteiger partial charge on any atom is 0.236 e. The molecule has 0 radical (unpaired) electrons. The first-order valence-electron chi connectivity index (χ1n) is 11.4. The summed E-state index contributed by atoms with van der Waals surface area (Å²) < 4.78 is 2.30. The van der Waals surface area contributed by atoms with E-state index in [0.717, 1.165) is 49.7 Å². The number of rotatable bonds is 8. The van der Waals surface area contributed by atoms with E-state index in [1.165, 1.54) is 18.4 Å². The van der Waals surface area contributed by atoms with Gasteiger partial charge in [0.25, 0.3) is 0 Å². The normalized spacial score (nSPS) is 17.4. The Morgan fingerprint density at radius 3 is 2.32 bits per heavy atom. The smallest absolute Gasteiger partial charge is 0.236 e. The van der Waals surface area contributed by atoms with Gasteiger partial charge in [-0.1, -0.05) is 30.3 Å². The highest BCUT2D eigenvalue weighted by Crippen LogP contribution is 2.38. The summed E-state index contributed by atoms with van der Waals surface area (Å²) in [5, 5.41) is 0.